The van der Waals surface area contributed by atoms with Crippen molar-refractivity contribution in [3.63, 3.8) is 0 Å². The lowest BCUT2D eigenvalue weighted by atomic mass is 9.93. The number of hydrogen-bond acceptors (Lipinski definition) is 6. The number of piperidine rings is 1. The summed E-state index contributed by atoms with van der Waals surface area (Å²) >= 11 is 1.81. The van der Waals surface area contributed by atoms with Crippen molar-refractivity contribution in [2.75, 3.05) is 7.05 Å². The predicted molar refractivity (Wildman–Crippen MR) is 116 cm³/mol. The van der Waals surface area contributed by atoms with Gasteiger partial charge < -0.3 is 15.7 Å². The molecule has 3 N–H and O–H groups in total. The van der Waals surface area contributed by atoms with Crippen molar-refractivity contribution in [2.45, 2.75) is 54.5 Å². The number of phenols is 1. The van der Waals surface area contributed by atoms with Crippen LogP contribution < -0.4 is 10.6 Å². The summed E-state index contributed by atoms with van der Waals surface area (Å²) in [5.74, 6) is -0.0788. The van der Waals surface area contributed by atoms with Crippen molar-refractivity contribution in [3.05, 3.63) is 42.0 Å². The Bertz CT molecular complexity index is 931. The zero-order chi connectivity index (χ0) is 20.4. The van der Waals surface area contributed by atoms with Crippen LogP contribution in [0.25, 0.3) is 17.3 Å². The molecule has 2 aromatic rings. The number of likely N-dealkylation sites (N-methyl/N-ethyl adjacent to an activating group) is 1. The van der Waals surface area contributed by atoms with Gasteiger partial charge in [0.2, 0.25) is 5.91 Å². The van der Waals surface area contributed by atoms with Crippen molar-refractivity contribution < 1.29 is 9.90 Å². The number of hydrogen-bond donors (Lipinski definition) is 3. The van der Waals surface area contributed by atoms with Gasteiger partial charge in [-0.1, -0.05) is 6.07 Å². The van der Waals surface area contributed by atoms with Crippen LogP contribution in [0, 0.1) is 0 Å². The van der Waals surface area contributed by atoms with E-state index in [-0.39, 0.29) is 17.2 Å². The summed E-state index contributed by atoms with van der Waals surface area (Å²) < 4.78 is 0. The lowest BCUT2D eigenvalue weighted by Gasteiger charge is -2.35. The molecular formula is C22H26N4O2S. The molecule has 1 aromatic carbocycles. The third-order valence-electron chi connectivity index (χ3n) is 5.72. The largest absolute Gasteiger partial charge is 0.507 e. The fraction of sp³-hybridized carbons (Fsp3) is 0.409. The van der Waals surface area contributed by atoms with Gasteiger partial charge in [-0.25, -0.2) is 0 Å². The summed E-state index contributed by atoms with van der Waals surface area (Å²) in [7, 11) is 1.57. The van der Waals surface area contributed by atoms with Crippen LogP contribution in [0.3, 0.4) is 0 Å². The van der Waals surface area contributed by atoms with Crippen LogP contribution in [0.4, 0.5) is 0 Å². The maximum atomic E-state index is 11.3. The Kier molecular flexibility index (Phi) is 5.61. The van der Waals surface area contributed by atoms with Crippen LogP contribution in [-0.4, -0.2) is 45.1 Å². The lowest BCUT2D eigenvalue weighted by Crippen LogP contribution is -2.48. The number of carbonyl (C=O) groups excluding carboxylic acids is 1. The molecule has 3 heterocycles. The second kappa shape index (κ2) is 8.16. The SMILES string of the molecule is CNC(=O)/C=C/c1ccc(-c2ccc(S[C@@H]3CC4CC[C@@](C)(C3)N4)nn2)c(O)c1. The molecule has 1 aromatic heterocycles. The Morgan fingerprint density at radius 1 is 1.34 bits per heavy atom. The van der Waals surface area contributed by atoms with Crippen LogP contribution in [0.5, 0.6) is 5.75 Å². The molecule has 3 atom stereocenters. The number of carbonyl (C=O) groups is 1. The summed E-state index contributed by atoms with van der Waals surface area (Å²) in [5, 5.41) is 26.8. The lowest BCUT2D eigenvalue weighted by molar-refractivity contribution is -0.115. The minimum Gasteiger partial charge on any atom is -0.507 e. The number of aromatic hydroxyl groups is 1. The van der Waals surface area contributed by atoms with E-state index >= 15 is 0 Å². The van der Waals surface area contributed by atoms with Crippen molar-refractivity contribution in [3.8, 4) is 17.0 Å². The quantitative estimate of drug-likeness (QED) is 0.655. The molecule has 0 aliphatic carbocycles. The summed E-state index contributed by atoms with van der Waals surface area (Å²) in [6, 6.07) is 9.77. The fourth-order valence-corrected chi connectivity index (χ4v) is 5.64. The zero-order valence-electron chi connectivity index (χ0n) is 16.7. The van der Waals surface area contributed by atoms with Gasteiger partial charge in [-0.05, 0) is 68.5 Å². The van der Waals surface area contributed by atoms with Gasteiger partial charge in [0.05, 0.1) is 5.69 Å². The van der Waals surface area contributed by atoms with Gasteiger partial charge in [0.1, 0.15) is 10.8 Å². The predicted octanol–water partition coefficient (Wildman–Crippen LogP) is 3.37. The van der Waals surface area contributed by atoms with E-state index in [1.54, 1.807) is 25.3 Å². The number of rotatable bonds is 5. The van der Waals surface area contributed by atoms with Crippen LogP contribution >= 0.6 is 11.8 Å². The number of benzene rings is 1. The topological polar surface area (TPSA) is 87.1 Å². The normalized spacial score (nSPS) is 26.0. The molecule has 4 rings (SSSR count). The van der Waals surface area contributed by atoms with Crippen LogP contribution in [0.1, 0.15) is 38.2 Å². The standard InChI is InChI=1S/C22H26N4O2S/c1-22-10-9-15(24-22)12-16(13-22)29-21-8-6-18(25-26-21)17-5-3-14(11-19(17)27)4-7-20(28)23-2/h3-8,11,15-16,24,27H,9-10,12-13H2,1-2H3,(H,23,28)/b7-4+/t15?,16-,22+/m1/s1. The number of nitrogens with zero attached hydrogens (tertiary/aromatic N) is 2. The average molecular weight is 411 g/mol. The van der Waals surface area contributed by atoms with E-state index in [0.29, 0.717) is 22.5 Å². The Morgan fingerprint density at radius 2 is 2.21 bits per heavy atom. The molecule has 2 bridgehead atoms. The molecular weight excluding hydrogens is 384 g/mol. The minimum absolute atomic E-state index is 0.113. The summed E-state index contributed by atoms with van der Waals surface area (Å²) in [5.41, 5.74) is 2.27. The van der Waals surface area contributed by atoms with Crippen molar-refractivity contribution in [1.82, 2.24) is 20.8 Å². The zero-order valence-corrected chi connectivity index (χ0v) is 17.5. The van der Waals surface area contributed by atoms with Crippen LogP contribution in [-0.2, 0) is 4.79 Å². The van der Waals surface area contributed by atoms with Gasteiger partial charge in [-0.3, -0.25) is 4.79 Å². The van der Waals surface area contributed by atoms with Crippen LogP contribution in [0.15, 0.2) is 41.4 Å². The molecule has 0 radical (unpaired) electrons. The first-order valence-electron chi connectivity index (χ1n) is 9.95. The van der Waals surface area contributed by atoms with Crippen molar-refractivity contribution in [2.24, 2.45) is 0 Å². The number of thioether (sulfide) groups is 1. The van der Waals surface area contributed by atoms with Crippen LogP contribution in [0.2, 0.25) is 0 Å². The Balaban J connectivity index is 1.44. The number of amides is 1. The van der Waals surface area contributed by atoms with Gasteiger partial charge in [0.15, 0.2) is 0 Å². The Morgan fingerprint density at radius 3 is 2.90 bits per heavy atom. The van der Waals surface area contributed by atoms with Crippen molar-refractivity contribution >= 4 is 23.7 Å². The third kappa shape index (κ3) is 4.62. The van der Waals surface area contributed by atoms with E-state index in [1.165, 1.54) is 25.3 Å². The van der Waals surface area contributed by atoms with Gasteiger partial charge in [0.25, 0.3) is 0 Å². The molecule has 29 heavy (non-hydrogen) atoms. The second-order valence-electron chi connectivity index (χ2n) is 8.10. The Hall–Kier alpha value is -2.38. The Labute approximate surface area is 175 Å². The van der Waals surface area contributed by atoms with Gasteiger partial charge in [-0.2, -0.15) is 0 Å². The molecule has 2 saturated heterocycles. The fourth-order valence-electron chi connectivity index (χ4n) is 4.28. The molecule has 0 saturated carbocycles. The first-order chi connectivity index (χ1) is 13.9. The highest BCUT2D eigenvalue weighted by molar-refractivity contribution is 7.99. The molecule has 1 unspecified atom stereocenters. The highest BCUT2D eigenvalue weighted by Crippen LogP contribution is 2.42. The maximum absolute atomic E-state index is 11.3. The highest BCUT2D eigenvalue weighted by Gasteiger charge is 2.42. The molecule has 1 amide bonds. The van der Waals surface area contributed by atoms with E-state index in [2.05, 4.69) is 27.8 Å². The van der Waals surface area contributed by atoms with Gasteiger partial charge in [0, 0.05) is 35.5 Å². The molecule has 2 aliphatic heterocycles. The summed E-state index contributed by atoms with van der Waals surface area (Å²) in [4.78, 5) is 11.3. The van der Waals surface area contributed by atoms with Gasteiger partial charge in [-0.15, -0.1) is 22.0 Å². The van der Waals surface area contributed by atoms with E-state index < -0.39 is 0 Å². The second-order valence-corrected chi connectivity index (χ2v) is 9.42. The van der Waals surface area contributed by atoms with Gasteiger partial charge >= 0.3 is 0 Å². The maximum Gasteiger partial charge on any atom is 0.243 e. The summed E-state index contributed by atoms with van der Waals surface area (Å²) in [6.07, 6.45) is 7.94. The monoisotopic (exact) mass is 410 g/mol. The van der Waals surface area contributed by atoms with E-state index in [4.69, 9.17) is 0 Å². The number of phenolic OH excluding ortho intramolecular Hbond substituents is 1. The smallest absolute Gasteiger partial charge is 0.243 e. The first kappa shape index (κ1) is 19.9. The van der Waals surface area contributed by atoms with Crippen molar-refractivity contribution in [1.29, 1.82) is 0 Å². The first-order valence-corrected chi connectivity index (χ1v) is 10.8. The molecule has 6 nitrogen and oxygen atoms in total. The van der Waals surface area contributed by atoms with E-state index in [1.807, 2.05) is 30.0 Å². The minimum atomic E-state index is -0.191. The molecule has 7 heteroatoms. The number of nitrogens with one attached hydrogen (secondary N) is 2. The molecule has 2 fully saturated rings. The highest BCUT2D eigenvalue weighted by atomic mass is 32.2. The molecule has 2 aliphatic rings. The van der Waals surface area contributed by atoms with E-state index in [0.717, 1.165) is 17.0 Å². The third-order valence-corrected chi connectivity index (χ3v) is 6.87. The van der Waals surface area contributed by atoms with E-state index in [9.17, 15) is 9.90 Å². The number of aromatic nitrogens is 2. The number of fused-ring (bicyclic) bond motifs is 2. The summed E-state index contributed by atoms with van der Waals surface area (Å²) in [6.45, 7) is 2.32. The average Bonchev–Trinajstić information content (AvgIpc) is 2.99. The molecule has 0 spiro atoms. The molecule has 152 valence electrons.